The smallest absolute Gasteiger partial charge is 0.315 e. The first kappa shape index (κ1) is 18.4. The molecule has 0 saturated heterocycles. The number of urea groups is 1. The molecule has 0 bridgehead atoms. The summed E-state index contributed by atoms with van der Waals surface area (Å²) in [7, 11) is 3.14. The van der Waals surface area contributed by atoms with Gasteiger partial charge in [-0.1, -0.05) is 6.07 Å². The molecule has 1 fully saturated rings. The van der Waals surface area contributed by atoms with Crippen LogP contribution < -0.4 is 20.1 Å². The van der Waals surface area contributed by atoms with Crippen LogP contribution in [0, 0.1) is 5.92 Å². The summed E-state index contributed by atoms with van der Waals surface area (Å²) in [4.78, 5) is 11.8. The lowest BCUT2D eigenvalue weighted by atomic mass is 10.2. The highest BCUT2D eigenvalue weighted by Crippen LogP contribution is 2.28. The van der Waals surface area contributed by atoms with Gasteiger partial charge in [-0.25, -0.2) is 4.79 Å². The Morgan fingerprint density at radius 3 is 2.67 bits per heavy atom. The number of carbonyl (C=O) groups is 1. The summed E-state index contributed by atoms with van der Waals surface area (Å²) in [6.45, 7) is 1.44. The molecule has 1 aromatic rings. The SMILES string of the molecule is COc1ccc(CNC(=O)NC[C@@H](O)COCC2CC2)cc1OC. The maximum absolute atomic E-state index is 11.8. The molecule has 0 radical (unpaired) electrons. The molecule has 7 heteroatoms. The van der Waals surface area contributed by atoms with Crippen molar-refractivity contribution in [3.63, 3.8) is 0 Å². The molecule has 7 nitrogen and oxygen atoms in total. The first-order chi connectivity index (χ1) is 11.6. The van der Waals surface area contributed by atoms with Gasteiger partial charge < -0.3 is 30.0 Å². The van der Waals surface area contributed by atoms with Crippen molar-refractivity contribution in [3.05, 3.63) is 23.8 Å². The van der Waals surface area contributed by atoms with Crippen LogP contribution in [0.25, 0.3) is 0 Å². The van der Waals surface area contributed by atoms with Crippen molar-refractivity contribution >= 4 is 6.03 Å². The number of hydrogen-bond acceptors (Lipinski definition) is 5. The predicted molar refractivity (Wildman–Crippen MR) is 89.3 cm³/mol. The lowest BCUT2D eigenvalue weighted by Gasteiger charge is -2.13. The van der Waals surface area contributed by atoms with Gasteiger partial charge in [0.1, 0.15) is 0 Å². The maximum Gasteiger partial charge on any atom is 0.315 e. The minimum atomic E-state index is -0.699. The van der Waals surface area contributed by atoms with Gasteiger partial charge in [0.2, 0.25) is 0 Å². The molecule has 1 aromatic carbocycles. The van der Waals surface area contributed by atoms with Crippen LogP contribution in [-0.2, 0) is 11.3 Å². The highest BCUT2D eigenvalue weighted by Gasteiger charge is 2.21. The van der Waals surface area contributed by atoms with Gasteiger partial charge in [0, 0.05) is 19.7 Å². The van der Waals surface area contributed by atoms with Gasteiger partial charge in [0.05, 0.1) is 26.9 Å². The summed E-state index contributed by atoms with van der Waals surface area (Å²) < 4.78 is 15.8. The molecule has 1 aliphatic carbocycles. The summed E-state index contributed by atoms with van der Waals surface area (Å²) in [5.74, 6) is 1.91. The zero-order valence-electron chi connectivity index (χ0n) is 14.2. The van der Waals surface area contributed by atoms with E-state index in [0.29, 0.717) is 30.6 Å². The van der Waals surface area contributed by atoms with E-state index in [1.807, 2.05) is 6.07 Å². The van der Waals surface area contributed by atoms with E-state index in [1.54, 1.807) is 26.4 Å². The summed E-state index contributed by atoms with van der Waals surface area (Å²) in [6.07, 6.45) is 1.73. The zero-order valence-corrected chi connectivity index (χ0v) is 14.2. The van der Waals surface area contributed by atoms with Gasteiger partial charge in [-0.15, -0.1) is 0 Å². The summed E-state index contributed by atoms with van der Waals surface area (Å²) in [6, 6.07) is 5.10. The summed E-state index contributed by atoms with van der Waals surface area (Å²) in [5.41, 5.74) is 0.885. The molecule has 0 aromatic heterocycles. The zero-order chi connectivity index (χ0) is 17.4. The Morgan fingerprint density at radius 2 is 2.00 bits per heavy atom. The quantitative estimate of drug-likeness (QED) is 0.598. The van der Waals surface area contributed by atoms with Crippen LogP contribution in [0.3, 0.4) is 0 Å². The first-order valence-electron chi connectivity index (χ1n) is 8.10. The van der Waals surface area contributed by atoms with E-state index in [9.17, 15) is 9.90 Å². The lowest BCUT2D eigenvalue weighted by molar-refractivity contribution is 0.0337. The number of hydrogen-bond donors (Lipinski definition) is 3. The Hall–Kier alpha value is -1.99. The normalized spacial score (nSPS) is 14.8. The van der Waals surface area contributed by atoms with Crippen molar-refractivity contribution in [2.45, 2.75) is 25.5 Å². The van der Waals surface area contributed by atoms with Gasteiger partial charge >= 0.3 is 6.03 Å². The molecular formula is C17H26N2O5. The lowest BCUT2D eigenvalue weighted by Crippen LogP contribution is -2.40. The third kappa shape index (κ3) is 6.25. The Morgan fingerprint density at radius 1 is 1.25 bits per heavy atom. The third-order valence-electron chi connectivity index (χ3n) is 3.76. The molecule has 1 saturated carbocycles. The van der Waals surface area contributed by atoms with Crippen molar-refractivity contribution in [3.8, 4) is 11.5 Å². The minimum absolute atomic E-state index is 0.155. The average Bonchev–Trinajstić information content (AvgIpc) is 3.42. The number of methoxy groups -OCH3 is 2. The second kappa shape index (κ2) is 9.34. The topological polar surface area (TPSA) is 89.1 Å². The molecule has 1 aliphatic rings. The number of amides is 2. The van der Waals surface area contributed by atoms with Gasteiger partial charge in [0.15, 0.2) is 11.5 Å². The van der Waals surface area contributed by atoms with Crippen molar-refractivity contribution in [2.24, 2.45) is 5.92 Å². The maximum atomic E-state index is 11.8. The van der Waals surface area contributed by atoms with Crippen LogP contribution in [0.2, 0.25) is 0 Å². The fourth-order valence-electron chi connectivity index (χ4n) is 2.16. The van der Waals surface area contributed by atoms with E-state index in [4.69, 9.17) is 14.2 Å². The van der Waals surface area contributed by atoms with Crippen molar-refractivity contribution in [2.75, 3.05) is 34.0 Å². The van der Waals surface area contributed by atoms with Crippen LogP contribution in [0.5, 0.6) is 11.5 Å². The fourth-order valence-corrected chi connectivity index (χ4v) is 2.16. The molecule has 0 aliphatic heterocycles. The molecule has 0 heterocycles. The molecule has 24 heavy (non-hydrogen) atoms. The van der Waals surface area contributed by atoms with Crippen molar-refractivity contribution in [1.82, 2.24) is 10.6 Å². The van der Waals surface area contributed by atoms with E-state index >= 15 is 0 Å². The highest BCUT2D eigenvalue weighted by molar-refractivity contribution is 5.73. The van der Waals surface area contributed by atoms with E-state index in [0.717, 1.165) is 5.56 Å². The van der Waals surface area contributed by atoms with E-state index in [-0.39, 0.29) is 19.2 Å². The Kier molecular flexibility index (Phi) is 7.14. The molecular weight excluding hydrogens is 312 g/mol. The van der Waals surface area contributed by atoms with Gasteiger partial charge in [0.25, 0.3) is 0 Å². The second-order valence-corrected chi connectivity index (χ2v) is 5.89. The van der Waals surface area contributed by atoms with Crippen LogP contribution in [0.1, 0.15) is 18.4 Å². The molecule has 2 amide bonds. The Balaban J connectivity index is 1.64. The Bertz CT molecular complexity index is 534. The number of nitrogens with one attached hydrogen (secondary N) is 2. The van der Waals surface area contributed by atoms with E-state index in [2.05, 4.69) is 10.6 Å². The fraction of sp³-hybridized carbons (Fsp3) is 0.588. The van der Waals surface area contributed by atoms with Crippen LogP contribution in [0.4, 0.5) is 4.79 Å². The van der Waals surface area contributed by atoms with Crippen LogP contribution in [-0.4, -0.2) is 51.2 Å². The molecule has 0 unspecified atom stereocenters. The first-order valence-corrected chi connectivity index (χ1v) is 8.10. The number of carbonyl (C=O) groups excluding carboxylic acids is 1. The van der Waals surface area contributed by atoms with E-state index < -0.39 is 6.10 Å². The predicted octanol–water partition coefficient (Wildman–Crippen LogP) is 1.29. The molecule has 1 atom stereocenters. The van der Waals surface area contributed by atoms with Crippen molar-refractivity contribution < 1.29 is 24.1 Å². The van der Waals surface area contributed by atoms with Gasteiger partial charge in [-0.3, -0.25) is 0 Å². The van der Waals surface area contributed by atoms with Gasteiger partial charge in [-0.05, 0) is 36.5 Å². The third-order valence-corrected chi connectivity index (χ3v) is 3.76. The summed E-state index contributed by atoms with van der Waals surface area (Å²) in [5, 5.41) is 15.1. The number of aliphatic hydroxyl groups is 1. The molecule has 2 rings (SSSR count). The van der Waals surface area contributed by atoms with Crippen LogP contribution in [0.15, 0.2) is 18.2 Å². The number of aliphatic hydroxyl groups excluding tert-OH is 1. The average molecular weight is 338 g/mol. The standard InChI is InChI=1S/C17H26N2O5/c1-22-15-6-5-13(7-16(15)23-2)8-18-17(21)19-9-14(20)11-24-10-12-3-4-12/h5-7,12,14,20H,3-4,8-11H2,1-2H3,(H2,18,19,21)/t14-/m1/s1. The number of rotatable bonds is 10. The van der Waals surface area contributed by atoms with Gasteiger partial charge in [-0.2, -0.15) is 0 Å². The summed E-state index contributed by atoms with van der Waals surface area (Å²) >= 11 is 0. The molecule has 0 spiro atoms. The highest BCUT2D eigenvalue weighted by atomic mass is 16.5. The minimum Gasteiger partial charge on any atom is -0.493 e. The second-order valence-electron chi connectivity index (χ2n) is 5.89. The Labute approximate surface area is 142 Å². The monoisotopic (exact) mass is 338 g/mol. The largest absolute Gasteiger partial charge is 0.493 e. The number of benzene rings is 1. The van der Waals surface area contributed by atoms with Crippen molar-refractivity contribution in [1.29, 1.82) is 0 Å². The number of ether oxygens (including phenoxy) is 3. The van der Waals surface area contributed by atoms with Crippen LogP contribution >= 0.6 is 0 Å². The van der Waals surface area contributed by atoms with E-state index in [1.165, 1.54) is 12.8 Å². The molecule has 3 N–H and O–H groups in total. The molecule has 134 valence electrons.